The summed E-state index contributed by atoms with van der Waals surface area (Å²) < 4.78 is 5.69. The fraction of sp³-hybridized carbons (Fsp3) is 0.316. The number of carbonyl (C=O) groups is 1. The molecule has 0 aromatic heterocycles. The lowest BCUT2D eigenvalue weighted by atomic mass is 10.1. The second-order valence-electron chi connectivity index (χ2n) is 5.11. The number of rotatable bonds is 7. The van der Waals surface area contributed by atoms with E-state index in [1.54, 1.807) is 4.90 Å². The van der Waals surface area contributed by atoms with Crippen molar-refractivity contribution in [2.45, 2.75) is 26.7 Å². The summed E-state index contributed by atoms with van der Waals surface area (Å²) >= 11 is 0. The molecule has 0 atom stereocenters. The molecule has 0 heterocycles. The summed E-state index contributed by atoms with van der Waals surface area (Å²) in [4.78, 5) is 14.5. The Balaban J connectivity index is 2.15. The van der Waals surface area contributed by atoms with Gasteiger partial charge in [0.15, 0.2) is 0 Å². The number of anilines is 1. The summed E-state index contributed by atoms with van der Waals surface area (Å²) in [5.74, 6) is 0.748. The molecule has 22 heavy (non-hydrogen) atoms. The molecule has 2 aromatic rings. The van der Waals surface area contributed by atoms with Gasteiger partial charge in [-0.2, -0.15) is 0 Å². The molecule has 0 unspecified atom stereocenters. The van der Waals surface area contributed by atoms with Crippen LogP contribution in [0.3, 0.4) is 0 Å². The molecule has 0 radical (unpaired) electrons. The zero-order valence-electron chi connectivity index (χ0n) is 13.3. The molecule has 0 bridgehead atoms. The van der Waals surface area contributed by atoms with E-state index in [2.05, 4.69) is 6.92 Å². The maximum absolute atomic E-state index is 12.7. The Bertz CT molecular complexity index is 595. The molecular weight excluding hydrogens is 274 g/mol. The van der Waals surface area contributed by atoms with E-state index in [1.807, 2.05) is 61.5 Å². The highest BCUT2D eigenvalue weighted by atomic mass is 16.5. The van der Waals surface area contributed by atoms with Gasteiger partial charge < -0.3 is 9.64 Å². The first-order valence-electron chi connectivity index (χ1n) is 7.86. The summed E-state index contributed by atoms with van der Waals surface area (Å²) in [6.07, 6.45) is 2.11. The molecule has 3 nitrogen and oxygen atoms in total. The molecule has 0 aliphatic carbocycles. The first-order chi connectivity index (χ1) is 10.8. The minimum Gasteiger partial charge on any atom is -0.494 e. The summed E-state index contributed by atoms with van der Waals surface area (Å²) in [6, 6.07) is 17.1. The van der Waals surface area contributed by atoms with Crippen molar-refractivity contribution < 1.29 is 9.53 Å². The Morgan fingerprint density at radius 3 is 2.50 bits per heavy atom. The van der Waals surface area contributed by atoms with Crippen LogP contribution in [0.25, 0.3) is 0 Å². The normalized spacial score (nSPS) is 10.3. The highest BCUT2D eigenvalue weighted by Gasteiger charge is 2.16. The number of para-hydroxylation sites is 1. The summed E-state index contributed by atoms with van der Waals surface area (Å²) in [5, 5.41) is 0. The zero-order valence-corrected chi connectivity index (χ0v) is 13.3. The predicted octanol–water partition coefficient (Wildman–Crippen LogP) is 4.53. The molecule has 0 spiro atoms. The lowest BCUT2D eigenvalue weighted by Gasteiger charge is -2.21. The van der Waals surface area contributed by atoms with Crippen LogP contribution in [0.2, 0.25) is 0 Å². The van der Waals surface area contributed by atoms with Crippen molar-refractivity contribution in [3.05, 3.63) is 60.2 Å². The van der Waals surface area contributed by atoms with Crippen molar-refractivity contribution in [3.63, 3.8) is 0 Å². The third kappa shape index (κ3) is 4.10. The smallest absolute Gasteiger partial charge is 0.258 e. The van der Waals surface area contributed by atoms with Gasteiger partial charge in [-0.15, -0.1) is 0 Å². The zero-order chi connectivity index (χ0) is 15.8. The maximum atomic E-state index is 12.7. The SMILES string of the molecule is CCCCOc1cccc(C(=O)N(CC)c2ccccc2)c1. The second kappa shape index (κ2) is 8.23. The highest BCUT2D eigenvalue weighted by molar-refractivity contribution is 6.06. The molecular formula is C19H23NO2. The van der Waals surface area contributed by atoms with Gasteiger partial charge in [0.2, 0.25) is 0 Å². The van der Waals surface area contributed by atoms with Gasteiger partial charge in [0.05, 0.1) is 6.61 Å². The fourth-order valence-corrected chi connectivity index (χ4v) is 2.26. The van der Waals surface area contributed by atoms with Crippen molar-refractivity contribution in [1.29, 1.82) is 0 Å². The van der Waals surface area contributed by atoms with Crippen molar-refractivity contribution in [3.8, 4) is 5.75 Å². The molecule has 3 heteroatoms. The number of ether oxygens (including phenoxy) is 1. The van der Waals surface area contributed by atoms with E-state index >= 15 is 0 Å². The van der Waals surface area contributed by atoms with Gasteiger partial charge in [0.1, 0.15) is 5.75 Å². The topological polar surface area (TPSA) is 29.5 Å². The van der Waals surface area contributed by atoms with Crippen LogP contribution in [0.1, 0.15) is 37.0 Å². The van der Waals surface area contributed by atoms with Gasteiger partial charge in [-0.05, 0) is 43.7 Å². The summed E-state index contributed by atoms with van der Waals surface area (Å²) in [6.45, 7) is 5.42. The number of hydrogen-bond donors (Lipinski definition) is 0. The molecule has 1 amide bonds. The van der Waals surface area contributed by atoms with Gasteiger partial charge in [0.25, 0.3) is 5.91 Å². The molecule has 0 fully saturated rings. The van der Waals surface area contributed by atoms with Crippen molar-refractivity contribution in [1.82, 2.24) is 0 Å². The van der Waals surface area contributed by atoms with Crippen molar-refractivity contribution >= 4 is 11.6 Å². The number of nitrogens with zero attached hydrogens (tertiary/aromatic N) is 1. The minimum absolute atomic E-state index is 0.00496. The molecule has 2 rings (SSSR count). The van der Waals surface area contributed by atoms with Gasteiger partial charge in [-0.1, -0.05) is 37.6 Å². The Morgan fingerprint density at radius 1 is 1.05 bits per heavy atom. The molecule has 0 aliphatic rings. The van der Waals surface area contributed by atoms with E-state index in [-0.39, 0.29) is 5.91 Å². The number of amides is 1. The van der Waals surface area contributed by atoms with Crippen LogP contribution >= 0.6 is 0 Å². The number of unbranched alkanes of at least 4 members (excludes halogenated alkanes) is 1. The van der Waals surface area contributed by atoms with Gasteiger partial charge in [0, 0.05) is 17.8 Å². The summed E-state index contributed by atoms with van der Waals surface area (Å²) in [5.41, 5.74) is 1.56. The number of benzene rings is 2. The first-order valence-corrected chi connectivity index (χ1v) is 7.86. The highest BCUT2D eigenvalue weighted by Crippen LogP contribution is 2.19. The Kier molecular flexibility index (Phi) is 6.01. The fourth-order valence-electron chi connectivity index (χ4n) is 2.26. The monoisotopic (exact) mass is 297 g/mol. The third-order valence-corrected chi connectivity index (χ3v) is 3.48. The predicted molar refractivity (Wildman–Crippen MR) is 90.6 cm³/mol. The molecule has 0 N–H and O–H groups in total. The van der Waals surface area contributed by atoms with Gasteiger partial charge >= 0.3 is 0 Å². The van der Waals surface area contributed by atoms with E-state index < -0.39 is 0 Å². The van der Waals surface area contributed by atoms with Crippen LogP contribution in [0, 0.1) is 0 Å². The molecule has 2 aromatic carbocycles. The standard InChI is InChI=1S/C19H23NO2/c1-3-5-14-22-18-13-9-10-16(15-18)19(21)20(4-2)17-11-7-6-8-12-17/h6-13,15H,3-5,14H2,1-2H3. The number of carbonyl (C=O) groups excluding carboxylic acids is 1. The third-order valence-electron chi connectivity index (χ3n) is 3.48. The van der Waals surface area contributed by atoms with E-state index in [9.17, 15) is 4.79 Å². The van der Waals surface area contributed by atoms with Crippen LogP contribution in [-0.4, -0.2) is 19.1 Å². The van der Waals surface area contributed by atoms with Crippen LogP contribution in [0.4, 0.5) is 5.69 Å². The first kappa shape index (κ1) is 16.1. The van der Waals surface area contributed by atoms with E-state index in [0.29, 0.717) is 18.7 Å². The van der Waals surface area contributed by atoms with E-state index in [0.717, 1.165) is 24.3 Å². The Morgan fingerprint density at radius 2 is 1.82 bits per heavy atom. The summed E-state index contributed by atoms with van der Waals surface area (Å²) in [7, 11) is 0. The molecule has 0 saturated heterocycles. The maximum Gasteiger partial charge on any atom is 0.258 e. The lowest BCUT2D eigenvalue weighted by molar-refractivity contribution is 0.0988. The molecule has 0 aliphatic heterocycles. The quantitative estimate of drug-likeness (QED) is 0.703. The Labute approximate surface area is 132 Å². The average molecular weight is 297 g/mol. The molecule has 116 valence electrons. The minimum atomic E-state index is -0.00496. The van der Waals surface area contributed by atoms with E-state index in [4.69, 9.17) is 4.74 Å². The van der Waals surface area contributed by atoms with Gasteiger partial charge in [-0.3, -0.25) is 4.79 Å². The van der Waals surface area contributed by atoms with E-state index in [1.165, 1.54) is 0 Å². The Hall–Kier alpha value is -2.29. The number of hydrogen-bond acceptors (Lipinski definition) is 2. The van der Waals surface area contributed by atoms with Crippen molar-refractivity contribution in [2.24, 2.45) is 0 Å². The van der Waals surface area contributed by atoms with Crippen molar-refractivity contribution in [2.75, 3.05) is 18.1 Å². The lowest BCUT2D eigenvalue weighted by Crippen LogP contribution is -2.30. The van der Waals surface area contributed by atoms with Gasteiger partial charge in [-0.25, -0.2) is 0 Å². The largest absolute Gasteiger partial charge is 0.494 e. The second-order valence-corrected chi connectivity index (χ2v) is 5.11. The van der Waals surface area contributed by atoms with Crippen LogP contribution in [0.5, 0.6) is 5.75 Å². The van der Waals surface area contributed by atoms with Crippen LogP contribution in [-0.2, 0) is 0 Å². The average Bonchev–Trinajstić information content (AvgIpc) is 2.57. The molecule has 0 saturated carbocycles. The van der Waals surface area contributed by atoms with Crippen LogP contribution < -0.4 is 9.64 Å². The van der Waals surface area contributed by atoms with Crippen LogP contribution in [0.15, 0.2) is 54.6 Å².